The summed E-state index contributed by atoms with van der Waals surface area (Å²) in [4.78, 5) is 0. The van der Waals surface area contributed by atoms with Crippen LogP contribution in [0.3, 0.4) is 0 Å². The molecular formula is C16H28ClNO2S. The molecule has 1 unspecified atom stereocenters. The molecule has 0 amide bonds. The average Bonchev–Trinajstić information content (AvgIpc) is 2.48. The summed E-state index contributed by atoms with van der Waals surface area (Å²) < 4.78 is 11.3. The van der Waals surface area contributed by atoms with Gasteiger partial charge < -0.3 is 15.2 Å². The number of ether oxygens (including phenoxy) is 2. The van der Waals surface area contributed by atoms with Gasteiger partial charge >= 0.3 is 0 Å². The standard InChI is InChI=1S/C16H27NO2S.ClH/c1-2-3-11-18-15-7-9-16(10-8-15)19-12-5-4-6-14(17)13-20;/h7-10,14,20H,2-6,11-13,17H2,1H3;1H. The summed E-state index contributed by atoms with van der Waals surface area (Å²) in [6.45, 7) is 3.67. The maximum absolute atomic E-state index is 5.80. The lowest BCUT2D eigenvalue weighted by molar-refractivity contribution is 0.298. The Morgan fingerprint density at radius 1 is 1.00 bits per heavy atom. The molecule has 0 aromatic heterocycles. The van der Waals surface area contributed by atoms with Crippen LogP contribution in [0.5, 0.6) is 11.5 Å². The van der Waals surface area contributed by atoms with Gasteiger partial charge in [0, 0.05) is 11.8 Å². The topological polar surface area (TPSA) is 44.5 Å². The summed E-state index contributed by atoms with van der Waals surface area (Å²) in [5.41, 5.74) is 5.80. The van der Waals surface area contributed by atoms with Crippen LogP contribution in [0.2, 0.25) is 0 Å². The zero-order valence-electron chi connectivity index (χ0n) is 12.8. The van der Waals surface area contributed by atoms with E-state index in [0.717, 1.165) is 62.6 Å². The third kappa shape index (κ3) is 9.88. The van der Waals surface area contributed by atoms with Crippen LogP contribution in [-0.2, 0) is 0 Å². The third-order valence-corrected chi connectivity index (χ3v) is 3.53. The monoisotopic (exact) mass is 333 g/mol. The minimum absolute atomic E-state index is 0. The molecule has 122 valence electrons. The van der Waals surface area contributed by atoms with Crippen LogP contribution < -0.4 is 15.2 Å². The number of unbranched alkanes of at least 4 members (excludes halogenated alkanes) is 2. The van der Waals surface area contributed by atoms with Gasteiger partial charge in [-0.05, 0) is 49.9 Å². The highest BCUT2D eigenvalue weighted by Crippen LogP contribution is 2.18. The highest BCUT2D eigenvalue weighted by atomic mass is 35.5. The predicted octanol–water partition coefficient (Wildman–Crippen LogP) is 4.09. The maximum atomic E-state index is 5.80. The highest BCUT2D eigenvalue weighted by molar-refractivity contribution is 7.80. The summed E-state index contributed by atoms with van der Waals surface area (Å²) in [6, 6.07) is 8.04. The van der Waals surface area contributed by atoms with E-state index < -0.39 is 0 Å². The highest BCUT2D eigenvalue weighted by Gasteiger charge is 2.00. The molecule has 2 N–H and O–H groups in total. The molecule has 5 heteroatoms. The van der Waals surface area contributed by atoms with Crippen molar-refractivity contribution in [2.45, 2.75) is 45.1 Å². The van der Waals surface area contributed by atoms with E-state index >= 15 is 0 Å². The van der Waals surface area contributed by atoms with Gasteiger partial charge in [0.25, 0.3) is 0 Å². The Balaban J connectivity index is 0.00000400. The second-order valence-electron chi connectivity index (χ2n) is 4.96. The van der Waals surface area contributed by atoms with Gasteiger partial charge in [0.2, 0.25) is 0 Å². The number of hydrogen-bond donors (Lipinski definition) is 2. The molecule has 0 aliphatic heterocycles. The normalized spacial score (nSPS) is 11.6. The lowest BCUT2D eigenvalue weighted by Gasteiger charge is -2.10. The second-order valence-corrected chi connectivity index (χ2v) is 5.33. The first-order valence-corrected chi connectivity index (χ1v) is 8.11. The molecular weight excluding hydrogens is 306 g/mol. The molecule has 0 saturated carbocycles. The molecule has 0 aliphatic carbocycles. The lowest BCUT2D eigenvalue weighted by Crippen LogP contribution is -2.21. The minimum atomic E-state index is 0. The first-order chi connectivity index (χ1) is 9.76. The van der Waals surface area contributed by atoms with Crippen molar-refractivity contribution >= 4 is 25.0 Å². The summed E-state index contributed by atoms with van der Waals surface area (Å²) in [7, 11) is 0. The third-order valence-electron chi connectivity index (χ3n) is 3.06. The van der Waals surface area contributed by atoms with E-state index in [1.807, 2.05) is 24.3 Å². The molecule has 0 saturated heterocycles. The molecule has 3 nitrogen and oxygen atoms in total. The maximum Gasteiger partial charge on any atom is 0.119 e. The molecule has 0 fully saturated rings. The zero-order valence-corrected chi connectivity index (χ0v) is 14.5. The fourth-order valence-corrected chi connectivity index (χ4v) is 1.94. The molecule has 1 rings (SSSR count). The van der Waals surface area contributed by atoms with Gasteiger partial charge in [0.05, 0.1) is 13.2 Å². The zero-order chi connectivity index (χ0) is 14.6. The van der Waals surface area contributed by atoms with E-state index in [4.69, 9.17) is 15.2 Å². The summed E-state index contributed by atoms with van der Waals surface area (Å²) in [5.74, 6) is 2.55. The van der Waals surface area contributed by atoms with Crippen LogP contribution in [0.15, 0.2) is 24.3 Å². The van der Waals surface area contributed by atoms with Gasteiger partial charge in [-0.1, -0.05) is 13.3 Å². The molecule has 0 bridgehead atoms. The van der Waals surface area contributed by atoms with E-state index in [1.54, 1.807) is 0 Å². The smallest absolute Gasteiger partial charge is 0.119 e. The number of benzene rings is 1. The SMILES string of the molecule is CCCCOc1ccc(OCCCCC(N)CS)cc1.Cl. The van der Waals surface area contributed by atoms with Gasteiger partial charge in [-0.3, -0.25) is 0 Å². The molecule has 0 spiro atoms. The Morgan fingerprint density at radius 2 is 1.52 bits per heavy atom. The summed E-state index contributed by atoms with van der Waals surface area (Å²) >= 11 is 4.17. The fourth-order valence-electron chi connectivity index (χ4n) is 1.76. The van der Waals surface area contributed by atoms with E-state index in [1.165, 1.54) is 0 Å². The average molecular weight is 334 g/mol. The van der Waals surface area contributed by atoms with Crippen molar-refractivity contribution < 1.29 is 9.47 Å². The Morgan fingerprint density at radius 3 is 2.00 bits per heavy atom. The first kappa shape index (κ1) is 20.4. The number of nitrogens with two attached hydrogens (primary N) is 1. The Hall–Kier alpha value is -0.580. The summed E-state index contributed by atoms with van der Waals surface area (Å²) in [5, 5.41) is 0. The van der Waals surface area contributed by atoms with Crippen LogP contribution in [0.1, 0.15) is 39.0 Å². The largest absolute Gasteiger partial charge is 0.494 e. The van der Waals surface area contributed by atoms with Crippen LogP contribution in [0.4, 0.5) is 0 Å². The predicted molar refractivity (Wildman–Crippen MR) is 95.3 cm³/mol. The summed E-state index contributed by atoms with van der Waals surface area (Å²) in [6.07, 6.45) is 5.36. The van der Waals surface area contributed by atoms with Crippen LogP contribution in [-0.4, -0.2) is 25.0 Å². The number of thiol groups is 1. The van der Waals surface area contributed by atoms with Crippen LogP contribution in [0.25, 0.3) is 0 Å². The second kappa shape index (κ2) is 13.1. The van der Waals surface area contributed by atoms with Crippen molar-refractivity contribution in [1.29, 1.82) is 0 Å². The number of hydrogen-bond acceptors (Lipinski definition) is 4. The van der Waals surface area contributed by atoms with E-state index in [-0.39, 0.29) is 18.4 Å². The minimum Gasteiger partial charge on any atom is -0.494 e. The van der Waals surface area contributed by atoms with Crippen molar-refractivity contribution in [2.75, 3.05) is 19.0 Å². The van der Waals surface area contributed by atoms with Crippen molar-refractivity contribution in [3.8, 4) is 11.5 Å². The van der Waals surface area contributed by atoms with Crippen LogP contribution >= 0.6 is 25.0 Å². The molecule has 0 heterocycles. The fraction of sp³-hybridized carbons (Fsp3) is 0.625. The van der Waals surface area contributed by atoms with E-state index in [0.29, 0.717) is 0 Å². The molecule has 1 atom stereocenters. The Kier molecular flexibility index (Phi) is 12.7. The Bertz CT molecular complexity index is 349. The lowest BCUT2D eigenvalue weighted by atomic mass is 10.1. The van der Waals surface area contributed by atoms with Crippen LogP contribution in [0, 0.1) is 0 Å². The quantitative estimate of drug-likeness (QED) is 0.473. The van der Waals surface area contributed by atoms with Crippen molar-refractivity contribution in [3.05, 3.63) is 24.3 Å². The number of rotatable bonds is 11. The van der Waals surface area contributed by atoms with Crippen molar-refractivity contribution in [1.82, 2.24) is 0 Å². The van der Waals surface area contributed by atoms with Crippen molar-refractivity contribution in [2.24, 2.45) is 5.73 Å². The first-order valence-electron chi connectivity index (χ1n) is 7.48. The van der Waals surface area contributed by atoms with E-state index in [9.17, 15) is 0 Å². The van der Waals surface area contributed by atoms with E-state index in [2.05, 4.69) is 19.6 Å². The molecule has 1 aromatic rings. The van der Waals surface area contributed by atoms with Gasteiger partial charge in [0.15, 0.2) is 0 Å². The van der Waals surface area contributed by atoms with Crippen molar-refractivity contribution in [3.63, 3.8) is 0 Å². The van der Waals surface area contributed by atoms with Gasteiger partial charge in [-0.2, -0.15) is 12.6 Å². The Labute approximate surface area is 140 Å². The van der Waals surface area contributed by atoms with Gasteiger partial charge in [0.1, 0.15) is 11.5 Å². The molecule has 0 radical (unpaired) electrons. The van der Waals surface area contributed by atoms with Gasteiger partial charge in [-0.15, -0.1) is 12.4 Å². The molecule has 21 heavy (non-hydrogen) atoms. The van der Waals surface area contributed by atoms with Gasteiger partial charge in [-0.25, -0.2) is 0 Å². The molecule has 0 aliphatic rings. The molecule has 1 aromatic carbocycles. The number of halogens is 1.